The minimum Gasteiger partial charge on any atom is -0.484 e. The zero-order chi connectivity index (χ0) is 16.3. The zero-order valence-electron chi connectivity index (χ0n) is 13.3. The van der Waals surface area contributed by atoms with Gasteiger partial charge in [0.05, 0.1) is 0 Å². The van der Waals surface area contributed by atoms with Gasteiger partial charge in [-0.3, -0.25) is 4.79 Å². The summed E-state index contributed by atoms with van der Waals surface area (Å²) in [6, 6.07) is 6.79. The summed E-state index contributed by atoms with van der Waals surface area (Å²) in [6.07, 6.45) is 1.71. The summed E-state index contributed by atoms with van der Waals surface area (Å²) in [4.78, 5) is 22.9. The van der Waals surface area contributed by atoms with E-state index in [9.17, 15) is 9.59 Å². The molecule has 1 fully saturated rings. The van der Waals surface area contributed by atoms with Crippen molar-refractivity contribution in [3.05, 3.63) is 29.8 Å². The first kappa shape index (κ1) is 16.3. The Labute approximate surface area is 130 Å². The van der Waals surface area contributed by atoms with Gasteiger partial charge >= 0.3 is 5.97 Å². The third-order valence-electron chi connectivity index (χ3n) is 3.77. The Morgan fingerprint density at radius 1 is 1.27 bits per heavy atom. The summed E-state index contributed by atoms with van der Waals surface area (Å²) in [5, 5.41) is 11.6. The summed E-state index contributed by atoms with van der Waals surface area (Å²) in [6.45, 7) is 6.20. The number of carboxylic acids is 1. The fourth-order valence-electron chi connectivity index (χ4n) is 2.23. The van der Waals surface area contributed by atoms with E-state index in [1.54, 1.807) is 0 Å². The van der Waals surface area contributed by atoms with Crippen LogP contribution in [0.25, 0.3) is 0 Å². The van der Waals surface area contributed by atoms with Crippen molar-refractivity contribution in [1.82, 2.24) is 5.32 Å². The predicted octanol–water partition coefficient (Wildman–Crippen LogP) is 2.34. The molecule has 5 nitrogen and oxygen atoms in total. The normalized spacial score (nSPS) is 16.0. The van der Waals surface area contributed by atoms with Crippen molar-refractivity contribution in [2.75, 3.05) is 6.61 Å². The molecule has 0 radical (unpaired) electrons. The highest BCUT2D eigenvalue weighted by Gasteiger charge is 2.37. The monoisotopic (exact) mass is 305 g/mol. The van der Waals surface area contributed by atoms with E-state index in [-0.39, 0.29) is 17.9 Å². The Kier molecular flexibility index (Phi) is 4.74. The molecule has 0 aromatic heterocycles. The first-order chi connectivity index (χ1) is 10.3. The van der Waals surface area contributed by atoms with Gasteiger partial charge in [-0.15, -0.1) is 0 Å². The summed E-state index contributed by atoms with van der Waals surface area (Å²) < 4.78 is 5.41. The molecule has 120 valence electrons. The van der Waals surface area contributed by atoms with Crippen molar-refractivity contribution in [2.45, 2.75) is 45.1 Å². The van der Waals surface area contributed by atoms with Crippen LogP contribution in [0.15, 0.2) is 24.3 Å². The summed E-state index contributed by atoms with van der Waals surface area (Å²) in [5.74, 6) is -0.724. The maximum atomic E-state index is 11.8. The molecule has 1 amide bonds. The highest BCUT2D eigenvalue weighted by molar-refractivity contribution is 5.84. The number of ether oxygens (including phenoxy) is 1. The van der Waals surface area contributed by atoms with Crippen molar-refractivity contribution in [3.8, 4) is 5.75 Å². The highest BCUT2D eigenvalue weighted by atomic mass is 16.5. The second kappa shape index (κ2) is 6.38. The molecule has 1 aromatic rings. The molecule has 0 aliphatic heterocycles. The molecular weight excluding hydrogens is 282 g/mol. The molecule has 0 saturated heterocycles. The van der Waals surface area contributed by atoms with Crippen molar-refractivity contribution in [1.29, 1.82) is 0 Å². The van der Waals surface area contributed by atoms with E-state index in [4.69, 9.17) is 9.84 Å². The van der Waals surface area contributed by atoms with Gasteiger partial charge in [0.25, 0.3) is 5.91 Å². The Hall–Kier alpha value is -2.04. The van der Waals surface area contributed by atoms with E-state index in [1.165, 1.54) is 5.56 Å². The summed E-state index contributed by atoms with van der Waals surface area (Å²) >= 11 is 0. The number of hydrogen-bond acceptors (Lipinski definition) is 3. The minimum atomic E-state index is -0.981. The number of carbonyl (C=O) groups excluding carboxylic acids is 1. The predicted molar refractivity (Wildman–Crippen MR) is 82.9 cm³/mol. The molecule has 0 bridgehead atoms. The van der Waals surface area contributed by atoms with Gasteiger partial charge in [0, 0.05) is 0 Å². The third kappa shape index (κ3) is 4.48. The number of nitrogens with one attached hydrogen (secondary N) is 1. The first-order valence-corrected chi connectivity index (χ1v) is 7.53. The van der Waals surface area contributed by atoms with E-state index in [1.807, 2.05) is 24.3 Å². The fraction of sp³-hybridized carbons (Fsp3) is 0.529. The number of rotatable bonds is 6. The van der Waals surface area contributed by atoms with Gasteiger partial charge in [0.15, 0.2) is 6.61 Å². The standard InChI is InChI=1S/C17H23NO4/c1-17(2,3)12-6-8-13(9-7-12)22-10-14(19)18-15(16(20)21)11-4-5-11/h6-9,11,15H,4-5,10H2,1-3H3,(H,18,19)(H,20,21). The zero-order valence-corrected chi connectivity index (χ0v) is 13.3. The number of aliphatic carboxylic acids is 1. The van der Waals surface area contributed by atoms with E-state index in [0.29, 0.717) is 5.75 Å². The molecule has 22 heavy (non-hydrogen) atoms. The Bertz CT molecular complexity index is 541. The lowest BCUT2D eigenvalue weighted by atomic mass is 9.87. The van der Waals surface area contributed by atoms with Gasteiger partial charge in [0.1, 0.15) is 11.8 Å². The molecular formula is C17H23NO4. The van der Waals surface area contributed by atoms with Gasteiger partial charge in [-0.05, 0) is 41.9 Å². The van der Waals surface area contributed by atoms with Gasteiger partial charge in [-0.1, -0.05) is 32.9 Å². The van der Waals surface area contributed by atoms with E-state index < -0.39 is 17.9 Å². The number of hydrogen-bond donors (Lipinski definition) is 2. The average molecular weight is 305 g/mol. The Balaban J connectivity index is 1.84. The third-order valence-corrected chi connectivity index (χ3v) is 3.77. The van der Waals surface area contributed by atoms with Gasteiger partial charge in [-0.2, -0.15) is 0 Å². The molecule has 1 unspecified atom stereocenters. The molecule has 1 aromatic carbocycles. The van der Waals surface area contributed by atoms with Crippen LogP contribution in [0.3, 0.4) is 0 Å². The van der Waals surface area contributed by atoms with Crippen LogP contribution in [0.5, 0.6) is 5.75 Å². The molecule has 1 atom stereocenters. The molecule has 1 aliphatic carbocycles. The molecule has 0 heterocycles. The maximum absolute atomic E-state index is 11.8. The second-order valence-corrected chi connectivity index (χ2v) is 6.78. The quantitative estimate of drug-likeness (QED) is 0.846. The lowest BCUT2D eigenvalue weighted by Crippen LogP contribution is -2.44. The second-order valence-electron chi connectivity index (χ2n) is 6.78. The van der Waals surface area contributed by atoms with E-state index in [0.717, 1.165) is 12.8 Å². The topological polar surface area (TPSA) is 75.6 Å². The smallest absolute Gasteiger partial charge is 0.326 e. The van der Waals surface area contributed by atoms with Gasteiger partial charge < -0.3 is 15.2 Å². The number of benzene rings is 1. The maximum Gasteiger partial charge on any atom is 0.326 e. The SMILES string of the molecule is CC(C)(C)c1ccc(OCC(=O)NC(C(=O)O)C2CC2)cc1. The van der Waals surface area contributed by atoms with Gasteiger partial charge in [0.2, 0.25) is 0 Å². The van der Waals surface area contributed by atoms with Crippen LogP contribution in [-0.4, -0.2) is 29.6 Å². The van der Waals surface area contributed by atoms with Crippen LogP contribution in [0.4, 0.5) is 0 Å². The lowest BCUT2D eigenvalue weighted by Gasteiger charge is -2.19. The number of amides is 1. The largest absolute Gasteiger partial charge is 0.484 e. The van der Waals surface area contributed by atoms with Crippen LogP contribution in [0.2, 0.25) is 0 Å². The Morgan fingerprint density at radius 2 is 1.86 bits per heavy atom. The molecule has 0 spiro atoms. The van der Waals surface area contributed by atoms with Crippen LogP contribution in [0.1, 0.15) is 39.2 Å². The fourth-order valence-corrected chi connectivity index (χ4v) is 2.23. The van der Waals surface area contributed by atoms with Crippen molar-refractivity contribution >= 4 is 11.9 Å². The van der Waals surface area contributed by atoms with Crippen molar-refractivity contribution in [3.63, 3.8) is 0 Å². The molecule has 1 aliphatic rings. The molecule has 2 rings (SSSR count). The average Bonchev–Trinajstić information content (AvgIpc) is 3.26. The number of carbonyl (C=O) groups is 2. The Morgan fingerprint density at radius 3 is 2.32 bits per heavy atom. The summed E-state index contributed by atoms with van der Waals surface area (Å²) in [7, 11) is 0. The van der Waals surface area contributed by atoms with E-state index in [2.05, 4.69) is 26.1 Å². The molecule has 2 N–H and O–H groups in total. The van der Waals surface area contributed by atoms with Crippen LogP contribution >= 0.6 is 0 Å². The lowest BCUT2D eigenvalue weighted by molar-refractivity contribution is -0.142. The van der Waals surface area contributed by atoms with Crippen LogP contribution in [0, 0.1) is 5.92 Å². The van der Waals surface area contributed by atoms with E-state index >= 15 is 0 Å². The van der Waals surface area contributed by atoms with Crippen molar-refractivity contribution < 1.29 is 19.4 Å². The number of carboxylic acid groups (broad SMARTS) is 1. The van der Waals surface area contributed by atoms with Crippen molar-refractivity contribution in [2.24, 2.45) is 5.92 Å². The first-order valence-electron chi connectivity index (χ1n) is 7.53. The molecule has 1 saturated carbocycles. The summed E-state index contributed by atoms with van der Waals surface area (Å²) in [5.41, 5.74) is 1.25. The van der Waals surface area contributed by atoms with Crippen LogP contribution < -0.4 is 10.1 Å². The minimum absolute atomic E-state index is 0.0625. The van der Waals surface area contributed by atoms with Crippen LogP contribution in [-0.2, 0) is 15.0 Å². The highest BCUT2D eigenvalue weighted by Crippen LogP contribution is 2.32. The van der Waals surface area contributed by atoms with Gasteiger partial charge in [-0.25, -0.2) is 4.79 Å². The molecule has 5 heteroatoms.